The van der Waals surface area contributed by atoms with E-state index in [2.05, 4.69) is 10.3 Å². The van der Waals surface area contributed by atoms with E-state index in [1.54, 1.807) is 24.3 Å². The summed E-state index contributed by atoms with van der Waals surface area (Å²) in [6.45, 7) is 0. The van der Waals surface area contributed by atoms with E-state index in [1.807, 2.05) is 0 Å². The van der Waals surface area contributed by atoms with Crippen molar-refractivity contribution in [1.29, 1.82) is 0 Å². The Balaban J connectivity index is 1.73. The molecule has 3 aromatic carbocycles. The van der Waals surface area contributed by atoms with Crippen LogP contribution in [0, 0.1) is 5.82 Å². The predicted molar refractivity (Wildman–Crippen MR) is 97.0 cm³/mol. The third kappa shape index (κ3) is 3.56. The van der Waals surface area contributed by atoms with Gasteiger partial charge in [-0.3, -0.25) is 0 Å². The number of hydrogen-bond donors (Lipinski definition) is 1. The maximum absolute atomic E-state index is 13.9. The topological polar surface area (TPSA) is 60.2 Å². The first-order valence-electron chi connectivity index (χ1n) is 8.12. The lowest BCUT2D eigenvalue weighted by Gasteiger charge is -2.12. The molecule has 0 fully saturated rings. The number of para-hydroxylation sites is 2. The first kappa shape index (κ1) is 19.0. The predicted octanol–water partition coefficient (Wildman–Crippen LogP) is 5.73. The minimum Gasteiger partial charge on any atom is -0.506 e. The number of nitrogens with zero attached hydrogens (tertiary/aromatic N) is 3. The molecule has 148 valence electrons. The molecular formula is C19H10ClF4N3O2. The van der Waals surface area contributed by atoms with Crippen molar-refractivity contribution < 1.29 is 27.4 Å². The minimum atomic E-state index is -4.92. The summed E-state index contributed by atoms with van der Waals surface area (Å²) in [5.41, 5.74) is -0.237. The van der Waals surface area contributed by atoms with Crippen LogP contribution >= 0.6 is 11.6 Å². The van der Waals surface area contributed by atoms with Gasteiger partial charge in [-0.1, -0.05) is 28.9 Å². The lowest BCUT2D eigenvalue weighted by molar-refractivity contribution is -0.139. The Labute approximate surface area is 165 Å². The average Bonchev–Trinajstić information content (AvgIpc) is 3.03. The molecule has 4 aromatic rings. The molecule has 10 heteroatoms. The highest BCUT2D eigenvalue weighted by atomic mass is 35.5. The molecule has 0 amide bonds. The number of halogens is 5. The molecule has 29 heavy (non-hydrogen) atoms. The van der Waals surface area contributed by atoms with Gasteiger partial charge in [-0.25, -0.2) is 9.07 Å². The van der Waals surface area contributed by atoms with Crippen LogP contribution in [0.5, 0.6) is 17.2 Å². The number of phenols is 1. The molecule has 0 bridgehead atoms. The Hall–Kier alpha value is -3.33. The van der Waals surface area contributed by atoms with Gasteiger partial charge in [0.05, 0.1) is 10.5 Å². The molecule has 1 N–H and O–H groups in total. The highest BCUT2D eigenvalue weighted by molar-refractivity contribution is 6.31. The summed E-state index contributed by atoms with van der Waals surface area (Å²) in [6.07, 6.45) is -4.92. The van der Waals surface area contributed by atoms with Crippen LogP contribution in [0.15, 0.2) is 54.6 Å². The Kier molecular flexibility index (Phi) is 4.54. The summed E-state index contributed by atoms with van der Waals surface area (Å²) in [4.78, 5) is 0. The first-order chi connectivity index (χ1) is 13.7. The zero-order valence-corrected chi connectivity index (χ0v) is 15.0. The number of hydrogen-bond acceptors (Lipinski definition) is 4. The van der Waals surface area contributed by atoms with Gasteiger partial charge in [-0.15, -0.1) is 5.10 Å². The second-order valence-electron chi connectivity index (χ2n) is 6.00. The van der Waals surface area contributed by atoms with Crippen LogP contribution in [0.4, 0.5) is 17.6 Å². The minimum absolute atomic E-state index is 0.0257. The number of aromatic nitrogens is 3. The van der Waals surface area contributed by atoms with Gasteiger partial charge >= 0.3 is 6.18 Å². The van der Waals surface area contributed by atoms with Crippen LogP contribution in [0.25, 0.3) is 16.7 Å². The Morgan fingerprint density at radius 3 is 2.45 bits per heavy atom. The average molecular weight is 424 g/mol. The van der Waals surface area contributed by atoms with Crippen molar-refractivity contribution >= 4 is 22.6 Å². The van der Waals surface area contributed by atoms with Crippen molar-refractivity contribution in [2.24, 2.45) is 0 Å². The molecule has 0 unspecified atom stereocenters. The van der Waals surface area contributed by atoms with Crippen LogP contribution < -0.4 is 4.74 Å². The van der Waals surface area contributed by atoms with E-state index in [0.717, 1.165) is 6.07 Å². The van der Waals surface area contributed by atoms with Gasteiger partial charge in [-0.05, 0) is 24.3 Å². The lowest BCUT2D eigenvalue weighted by atomic mass is 10.2. The monoisotopic (exact) mass is 423 g/mol. The van der Waals surface area contributed by atoms with Crippen molar-refractivity contribution in [3.8, 4) is 22.9 Å². The molecular weight excluding hydrogens is 414 g/mol. The molecule has 0 saturated carbocycles. The van der Waals surface area contributed by atoms with Crippen molar-refractivity contribution in [2.75, 3.05) is 0 Å². The quantitative estimate of drug-likeness (QED) is 0.427. The fraction of sp³-hybridized carbons (Fsp3) is 0.0526. The van der Waals surface area contributed by atoms with Gasteiger partial charge in [0.2, 0.25) is 0 Å². The van der Waals surface area contributed by atoms with Crippen LogP contribution in [-0.4, -0.2) is 20.1 Å². The molecule has 4 rings (SSSR count). The van der Waals surface area contributed by atoms with Crippen molar-refractivity contribution in [2.45, 2.75) is 6.18 Å². The molecule has 0 spiro atoms. The van der Waals surface area contributed by atoms with Gasteiger partial charge in [0, 0.05) is 18.2 Å². The fourth-order valence-corrected chi connectivity index (χ4v) is 3.10. The largest absolute Gasteiger partial charge is 0.506 e. The Morgan fingerprint density at radius 2 is 1.76 bits per heavy atom. The van der Waals surface area contributed by atoms with Gasteiger partial charge in [0.15, 0.2) is 0 Å². The van der Waals surface area contributed by atoms with Gasteiger partial charge < -0.3 is 9.84 Å². The van der Waals surface area contributed by atoms with E-state index in [0.29, 0.717) is 22.8 Å². The second-order valence-corrected chi connectivity index (χ2v) is 6.41. The molecule has 0 aliphatic carbocycles. The van der Waals surface area contributed by atoms with E-state index in [9.17, 15) is 22.7 Å². The van der Waals surface area contributed by atoms with E-state index in [4.69, 9.17) is 16.3 Å². The first-order valence-corrected chi connectivity index (χ1v) is 8.50. The molecule has 0 aliphatic heterocycles. The van der Waals surface area contributed by atoms with Gasteiger partial charge in [0.1, 0.15) is 39.8 Å². The normalized spacial score (nSPS) is 11.8. The molecule has 5 nitrogen and oxygen atoms in total. The molecule has 1 aromatic heterocycles. The zero-order valence-electron chi connectivity index (χ0n) is 14.3. The fourth-order valence-electron chi connectivity index (χ4n) is 2.80. The van der Waals surface area contributed by atoms with Crippen molar-refractivity contribution in [3.63, 3.8) is 0 Å². The third-order valence-corrected chi connectivity index (χ3v) is 4.36. The van der Waals surface area contributed by atoms with Crippen molar-refractivity contribution in [3.05, 3.63) is 71.0 Å². The number of ether oxygens (including phenoxy) is 1. The number of phenolic OH excluding ortho intramolecular Hbond substituents is 1. The SMILES string of the molecule is Oc1ccccc1-n1nnc2ccc(Oc3cc(F)c(C(F)(F)F)c(Cl)c3)cc21. The Bertz CT molecular complexity index is 1200. The summed E-state index contributed by atoms with van der Waals surface area (Å²) in [5, 5.41) is 17.2. The summed E-state index contributed by atoms with van der Waals surface area (Å²) in [7, 11) is 0. The molecule has 0 aliphatic rings. The maximum Gasteiger partial charge on any atom is 0.420 e. The van der Waals surface area contributed by atoms with Crippen LogP contribution in [0.3, 0.4) is 0 Å². The third-order valence-electron chi connectivity index (χ3n) is 4.06. The smallest absolute Gasteiger partial charge is 0.420 e. The molecule has 0 saturated heterocycles. The van der Waals surface area contributed by atoms with Crippen molar-refractivity contribution in [1.82, 2.24) is 15.0 Å². The highest BCUT2D eigenvalue weighted by Gasteiger charge is 2.37. The molecule has 0 atom stereocenters. The summed E-state index contributed by atoms with van der Waals surface area (Å²) >= 11 is 5.59. The second kappa shape index (κ2) is 6.93. The standard InChI is InChI=1S/C19H10ClF4N3O2/c20-12-7-11(8-13(21)18(12)19(22,23)24)29-10-5-6-14-16(9-10)27(26-25-14)15-3-1-2-4-17(15)28/h1-9,28H. The van der Waals surface area contributed by atoms with Gasteiger partial charge in [-0.2, -0.15) is 13.2 Å². The maximum atomic E-state index is 13.9. The van der Waals surface area contributed by atoms with Gasteiger partial charge in [0.25, 0.3) is 0 Å². The van der Waals surface area contributed by atoms with E-state index < -0.39 is 22.6 Å². The number of benzene rings is 3. The van der Waals surface area contributed by atoms with Crippen LogP contribution in [0.2, 0.25) is 5.02 Å². The van der Waals surface area contributed by atoms with E-state index in [-0.39, 0.29) is 17.2 Å². The van der Waals surface area contributed by atoms with E-state index in [1.165, 1.54) is 22.9 Å². The number of aromatic hydroxyl groups is 1. The summed E-state index contributed by atoms with van der Waals surface area (Å²) < 4.78 is 59.3. The van der Waals surface area contributed by atoms with Crippen LogP contribution in [-0.2, 0) is 6.18 Å². The number of rotatable bonds is 3. The zero-order chi connectivity index (χ0) is 20.8. The van der Waals surface area contributed by atoms with E-state index >= 15 is 0 Å². The number of alkyl halides is 3. The molecule has 0 radical (unpaired) electrons. The summed E-state index contributed by atoms with van der Waals surface area (Å²) in [6, 6.07) is 12.5. The highest BCUT2D eigenvalue weighted by Crippen LogP contribution is 2.39. The number of fused-ring (bicyclic) bond motifs is 1. The van der Waals surface area contributed by atoms with Crippen LogP contribution in [0.1, 0.15) is 5.56 Å². The summed E-state index contributed by atoms with van der Waals surface area (Å²) in [5.74, 6) is -1.59. The Morgan fingerprint density at radius 1 is 1.00 bits per heavy atom. The lowest BCUT2D eigenvalue weighted by Crippen LogP contribution is -2.09. The molecule has 1 heterocycles.